The van der Waals surface area contributed by atoms with E-state index in [-0.39, 0.29) is 26.2 Å². The molecule has 1 aromatic rings. The lowest BCUT2D eigenvalue weighted by atomic mass is 10.2. The summed E-state index contributed by atoms with van der Waals surface area (Å²) < 4.78 is 15.6. The molecule has 0 saturated carbocycles. The number of furan rings is 1. The van der Waals surface area contributed by atoms with Gasteiger partial charge in [0.05, 0.1) is 13.2 Å². The highest BCUT2D eigenvalue weighted by Gasteiger charge is 2.19. The van der Waals surface area contributed by atoms with Crippen LogP contribution >= 0.6 is 0 Å². The van der Waals surface area contributed by atoms with E-state index in [9.17, 15) is 9.59 Å². The Bertz CT molecular complexity index is 519. The van der Waals surface area contributed by atoms with Crippen molar-refractivity contribution < 1.29 is 23.5 Å². The number of alkyl carbamates (subject to hydrolysis) is 1. The summed E-state index contributed by atoms with van der Waals surface area (Å²) in [6, 6.07) is 3.64. The topological polar surface area (TPSA) is 81.0 Å². The van der Waals surface area contributed by atoms with Gasteiger partial charge in [-0.15, -0.1) is 0 Å². The monoisotopic (exact) mass is 326 g/mol. The number of rotatable bonds is 6. The van der Waals surface area contributed by atoms with Gasteiger partial charge in [-0.05, 0) is 46.8 Å². The Morgan fingerprint density at radius 2 is 2.00 bits per heavy atom. The van der Waals surface area contributed by atoms with E-state index in [1.54, 1.807) is 27.7 Å². The minimum atomic E-state index is -0.559. The van der Waals surface area contributed by atoms with E-state index in [4.69, 9.17) is 13.9 Å². The number of nitrogens with one attached hydrogen (secondary N) is 1. The maximum atomic E-state index is 12.0. The van der Waals surface area contributed by atoms with Crippen LogP contribution in [0.4, 0.5) is 9.59 Å². The van der Waals surface area contributed by atoms with Gasteiger partial charge in [0.2, 0.25) is 0 Å². The van der Waals surface area contributed by atoms with E-state index >= 15 is 0 Å². The number of carbonyl (C=O) groups is 2. The van der Waals surface area contributed by atoms with Gasteiger partial charge in [-0.3, -0.25) is 4.90 Å². The van der Waals surface area contributed by atoms with Crippen molar-refractivity contribution in [3.05, 3.63) is 23.7 Å². The van der Waals surface area contributed by atoms with E-state index in [0.29, 0.717) is 5.76 Å². The number of hydrogen-bond acceptors (Lipinski definition) is 5. The molecule has 1 aromatic heterocycles. The second kappa shape index (κ2) is 8.45. The molecule has 0 aromatic carbocycles. The van der Waals surface area contributed by atoms with Crippen molar-refractivity contribution in [3.8, 4) is 0 Å². The maximum absolute atomic E-state index is 12.0. The maximum Gasteiger partial charge on any atom is 0.410 e. The van der Waals surface area contributed by atoms with Crippen LogP contribution in [-0.4, -0.2) is 42.4 Å². The molecule has 0 fully saturated rings. The van der Waals surface area contributed by atoms with Crippen molar-refractivity contribution in [1.29, 1.82) is 0 Å². The molecule has 0 radical (unpaired) electrons. The zero-order valence-corrected chi connectivity index (χ0v) is 14.5. The number of carbonyl (C=O) groups excluding carboxylic acids is 2. The Labute approximate surface area is 136 Å². The average Bonchev–Trinajstić information content (AvgIpc) is 2.81. The summed E-state index contributed by atoms with van der Waals surface area (Å²) in [6.45, 7) is 10.1. The second-order valence-electron chi connectivity index (χ2n) is 6.06. The predicted octanol–water partition coefficient (Wildman–Crippen LogP) is 3.07. The molecular formula is C16H26N2O5. The lowest BCUT2D eigenvalue weighted by Gasteiger charge is -2.22. The van der Waals surface area contributed by atoms with Crippen molar-refractivity contribution in [2.24, 2.45) is 0 Å². The lowest BCUT2D eigenvalue weighted by Crippen LogP contribution is -2.40. The number of aryl methyl sites for hydroxylation is 1. The number of hydrogen-bond donors (Lipinski definition) is 1. The van der Waals surface area contributed by atoms with Crippen LogP contribution in [0.15, 0.2) is 16.5 Å². The molecule has 7 nitrogen and oxygen atoms in total. The van der Waals surface area contributed by atoms with E-state index in [1.165, 1.54) is 4.90 Å². The summed E-state index contributed by atoms with van der Waals surface area (Å²) in [5.74, 6) is 1.43. The van der Waals surface area contributed by atoms with Crippen LogP contribution in [0.5, 0.6) is 0 Å². The van der Waals surface area contributed by atoms with Crippen molar-refractivity contribution in [2.45, 2.75) is 46.8 Å². The molecule has 0 unspecified atom stereocenters. The summed E-state index contributed by atoms with van der Waals surface area (Å²) in [5, 5.41) is 2.62. The average molecular weight is 326 g/mol. The van der Waals surface area contributed by atoms with Crippen molar-refractivity contribution >= 4 is 12.2 Å². The standard InChI is InChI=1S/C16H26N2O5/c1-6-21-15(20)18(11-13-8-7-12(2)22-13)10-9-17-14(19)23-16(3,4)5/h7-8H,6,9-11H2,1-5H3,(H,17,19). The molecule has 2 amide bonds. The number of ether oxygens (including phenoxy) is 2. The minimum absolute atomic E-state index is 0.257. The molecule has 1 N–H and O–H groups in total. The van der Waals surface area contributed by atoms with Gasteiger partial charge < -0.3 is 19.2 Å². The first-order chi connectivity index (χ1) is 10.7. The third-order valence-corrected chi connectivity index (χ3v) is 2.72. The number of amides is 2. The quantitative estimate of drug-likeness (QED) is 0.869. The van der Waals surface area contributed by atoms with Crippen LogP contribution < -0.4 is 5.32 Å². The summed E-state index contributed by atoms with van der Waals surface area (Å²) in [4.78, 5) is 25.1. The van der Waals surface area contributed by atoms with Gasteiger partial charge in [0.15, 0.2) is 0 Å². The third-order valence-electron chi connectivity index (χ3n) is 2.72. The van der Waals surface area contributed by atoms with Crippen LogP contribution in [0.2, 0.25) is 0 Å². The van der Waals surface area contributed by atoms with Crippen LogP contribution in [0.3, 0.4) is 0 Å². The number of nitrogens with zero attached hydrogens (tertiary/aromatic N) is 1. The predicted molar refractivity (Wildman–Crippen MR) is 85.1 cm³/mol. The van der Waals surface area contributed by atoms with Crippen LogP contribution in [0.25, 0.3) is 0 Å². The molecule has 7 heteroatoms. The van der Waals surface area contributed by atoms with E-state index < -0.39 is 17.8 Å². The first kappa shape index (κ1) is 18.9. The van der Waals surface area contributed by atoms with Crippen LogP contribution in [0, 0.1) is 6.92 Å². The molecule has 130 valence electrons. The first-order valence-electron chi connectivity index (χ1n) is 7.65. The largest absolute Gasteiger partial charge is 0.464 e. The molecular weight excluding hydrogens is 300 g/mol. The molecule has 0 aliphatic heterocycles. The van der Waals surface area contributed by atoms with Gasteiger partial charge >= 0.3 is 12.2 Å². The summed E-state index contributed by atoms with van der Waals surface area (Å²) >= 11 is 0. The smallest absolute Gasteiger partial charge is 0.410 e. The Balaban J connectivity index is 2.53. The van der Waals surface area contributed by atoms with Crippen molar-refractivity contribution in [2.75, 3.05) is 19.7 Å². The highest BCUT2D eigenvalue weighted by atomic mass is 16.6. The van der Waals surface area contributed by atoms with Crippen LogP contribution in [0.1, 0.15) is 39.2 Å². The van der Waals surface area contributed by atoms with Gasteiger partial charge in [0.25, 0.3) is 0 Å². The normalized spacial score (nSPS) is 11.0. The zero-order valence-electron chi connectivity index (χ0n) is 14.5. The fraction of sp³-hybridized carbons (Fsp3) is 0.625. The molecule has 23 heavy (non-hydrogen) atoms. The molecule has 0 aliphatic carbocycles. The van der Waals surface area contributed by atoms with E-state index in [0.717, 1.165) is 5.76 Å². The Morgan fingerprint density at radius 1 is 1.30 bits per heavy atom. The summed E-state index contributed by atoms with van der Waals surface area (Å²) in [5.41, 5.74) is -0.559. The van der Waals surface area contributed by atoms with E-state index in [1.807, 2.05) is 19.1 Å². The Kier molecular flexibility index (Phi) is 6.93. The van der Waals surface area contributed by atoms with Gasteiger partial charge in [0, 0.05) is 13.1 Å². The van der Waals surface area contributed by atoms with Gasteiger partial charge in [-0.25, -0.2) is 9.59 Å². The molecule has 0 bridgehead atoms. The Hall–Kier alpha value is -2.18. The Morgan fingerprint density at radius 3 is 2.52 bits per heavy atom. The molecule has 0 atom stereocenters. The lowest BCUT2D eigenvalue weighted by molar-refractivity contribution is 0.0515. The summed E-state index contributed by atoms with van der Waals surface area (Å²) in [6.07, 6.45) is -0.970. The van der Waals surface area contributed by atoms with Gasteiger partial charge in [0.1, 0.15) is 17.1 Å². The van der Waals surface area contributed by atoms with Crippen molar-refractivity contribution in [3.63, 3.8) is 0 Å². The molecule has 1 rings (SSSR count). The molecule has 1 heterocycles. The van der Waals surface area contributed by atoms with Gasteiger partial charge in [-0.1, -0.05) is 0 Å². The highest BCUT2D eigenvalue weighted by molar-refractivity contribution is 5.69. The fourth-order valence-corrected chi connectivity index (χ4v) is 1.81. The SMILES string of the molecule is CCOC(=O)N(CCNC(=O)OC(C)(C)C)Cc1ccc(C)o1. The second-order valence-corrected chi connectivity index (χ2v) is 6.06. The van der Waals surface area contributed by atoms with E-state index in [2.05, 4.69) is 5.32 Å². The minimum Gasteiger partial charge on any atom is -0.464 e. The first-order valence-corrected chi connectivity index (χ1v) is 7.65. The molecule has 0 aliphatic rings. The fourth-order valence-electron chi connectivity index (χ4n) is 1.81. The van der Waals surface area contributed by atoms with Crippen molar-refractivity contribution in [1.82, 2.24) is 10.2 Å². The molecule has 0 spiro atoms. The zero-order chi connectivity index (χ0) is 17.5. The molecule has 0 saturated heterocycles. The third kappa shape index (κ3) is 7.58. The highest BCUT2D eigenvalue weighted by Crippen LogP contribution is 2.10. The summed E-state index contributed by atoms with van der Waals surface area (Å²) in [7, 11) is 0. The van der Waals surface area contributed by atoms with Crippen LogP contribution in [-0.2, 0) is 16.0 Å². The van der Waals surface area contributed by atoms with Gasteiger partial charge in [-0.2, -0.15) is 0 Å².